The van der Waals surface area contributed by atoms with Crippen LogP contribution in [0.4, 0.5) is 10.6 Å². The summed E-state index contributed by atoms with van der Waals surface area (Å²) in [6, 6.07) is 6.02. The maximum atomic E-state index is 12.3. The molecule has 1 aromatic carbocycles. The monoisotopic (exact) mass is 497 g/mol. The molecule has 2 aliphatic heterocycles. The number of amides is 3. The van der Waals surface area contributed by atoms with Crippen LogP contribution in [0.1, 0.15) is 77.2 Å². The van der Waals surface area contributed by atoms with Gasteiger partial charge in [0.25, 0.3) is 0 Å². The predicted octanol–water partition coefficient (Wildman–Crippen LogP) is 4.10. The van der Waals surface area contributed by atoms with Crippen LogP contribution in [-0.4, -0.2) is 64.4 Å². The van der Waals surface area contributed by atoms with Gasteiger partial charge in [-0.25, -0.2) is 4.79 Å². The molecular weight excluding hydrogens is 458 g/mol. The zero-order chi connectivity index (χ0) is 25.9. The second-order valence-electron chi connectivity index (χ2n) is 11.0. The number of urea groups is 1. The Bertz CT molecular complexity index is 1110. The molecule has 1 aromatic heterocycles. The fourth-order valence-corrected chi connectivity index (χ4v) is 5.14. The highest BCUT2D eigenvalue weighted by Crippen LogP contribution is 2.33. The quantitative estimate of drug-likeness (QED) is 0.436. The zero-order valence-electron chi connectivity index (χ0n) is 22.0. The minimum absolute atomic E-state index is 0.102. The number of unbranched alkanes of at least 4 members (excludes halogenated alkanes) is 2. The Balaban J connectivity index is 1.26. The van der Waals surface area contributed by atoms with Crippen LogP contribution in [0.2, 0.25) is 0 Å². The van der Waals surface area contributed by atoms with E-state index in [1.165, 1.54) is 5.56 Å². The summed E-state index contributed by atoms with van der Waals surface area (Å²) in [4.78, 5) is 39.7. The topological polar surface area (TPSA) is 96.8 Å². The molecule has 2 aliphatic rings. The van der Waals surface area contributed by atoms with Crippen molar-refractivity contribution in [3.05, 3.63) is 23.8 Å². The number of hydrogen-bond donors (Lipinski definition) is 1. The Morgan fingerprint density at radius 3 is 2.56 bits per heavy atom. The number of anilines is 1. The summed E-state index contributed by atoms with van der Waals surface area (Å²) in [5.41, 5.74) is 1.91. The number of rotatable bonds is 8. The lowest BCUT2D eigenvalue weighted by Crippen LogP contribution is -2.49. The summed E-state index contributed by atoms with van der Waals surface area (Å²) in [7, 11) is 1.90. The van der Waals surface area contributed by atoms with Crippen molar-refractivity contribution in [1.29, 1.82) is 0 Å². The lowest BCUT2D eigenvalue weighted by atomic mass is 9.89. The average Bonchev–Trinajstić information content (AvgIpc) is 3.13. The van der Waals surface area contributed by atoms with E-state index < -0.39 is 11.6 Å². The molecule has 196 valence electrons. The minimum Gasteiger partial charge on any atom is -0.460 e. The van der Waals surface area contributed by atoms with Crippen molar-refractivity contribution in [2.24, 2.45) is 7.05 Å². The largest absolute Gasteiger partial charge is 0.460 e. The summed E-state index contributed by atoms with van der Waals surface area (Å²) in [5, 5.41) is 7.90. The molecule has 9 nitrogen and oxygen atoms in total. The van der Waals surface area contributed by atoms with Gasteiger partial charge in [0.15, 0.2) is 5.82 Å². The first-order chi connectivity index (χ1) is 17.1. The lowest BCUT2D eigenvalue weighted by Gasteiger charge is -2.32. The Morgan fingerprint density at radius 2 is 1.86 bits per heavy atom. The summed E-state index contributed by atoms with van der Waals surface area (Å²) in [6.45, 7) is 9.28. The maximum absolute atomic E-state index is 12.3. The number of aromatic nitrogens is 2. The molecule has 0 aliphatic carbocycles. The van der Waals surface area contributed by atoms with Gasteiger partial charge >= 0.3 is 12.0 Å². The van der Waals surface area contributed by atoms with Crippen LogP contribution in [0.5, 0.6) is 0 Å². The number of fused-ring (bicyclic) bond motifs is 1. The molecule has 0 saturated carbocycles. The number of hydrogen-bond acceptors (Lipinski definition) is 6. The standard InChI is InChI=1S/C27H39N5O4/c1-27(2,3)36-24(34)8-6-5-7-14-31-15-11-19(12-16-31)20-9-10-21-22(18-20)30(4)29-25(21)32-17-13-23(33)28-26(32)35/h9-10,18-19H,5-8,11-17H2,1-4H3,(H,28,33,35). The van der Waals surface area contributed by atoms with Gasteiger partial charge < -0.3 is 9.64 Å². The van der Waals surface area contributed by atoms with Crippen molar-refractivity contribution in [3.8, 4) is 0 Å². The van der Waals surface area contributed by atoms with Crippen molar-refractivity contribution in [3.63, 3.8) is 0 Å². The van der Waals surface area contributed by atoms with E-state index in [2.05, 4.69) is 33.5 Å². The second-order valence-corrected chi connectivity index (χ2v) is 11.0. The van der Waals surface area contributed by atoms with Crippen LogP contribution in [0.25, 0.3) is 10.9 Å². The van der Waals surface area contributed by atoms with Crippen molar-refractivity contribution >= 4 is 34.6 Å². The van der Waals surface area contributed by atoms with E-state index in [-0.39, 0.29) is 18.3 Å². The van der Waals surface area contributed by atoms with Crippen LogP contribution in [0.3, 0.4) is 0 Å². The molecule has 2 saturated heterocycles. The molecule has 9 heteroatoms. The molecule has 0 bridgehead atoms. The maximum Gasteiger partial charge on any atom is 0.329 e. The highest BCUT2D eigenvalue weighted by atomic mass is 16.6. The molecule has 1 N–H and O–H groups in total. The molecular formula is C27H39N5O4. The predicted molar refractivity (Wildman–Crippen MR) is 139 cm³/mol. The van der Waals surface area contributed by atoms with Crippen molar-refractivity contribution in [2.45, 2.75) is 77.2 Å². The molecule has 3 amide bonds. The van der Waals surface area contributed by atoms with Crippen LogP contribution < -0.4 is 10.2 Å². The van der Waals surface area contributed by atoms with Crippen LogP contribution in [0.15, 0.2) is 18.2 Å². The highest BCUT2D eigenvalue weighted by Gasteiger charge is 2.28. The van der Waals surface area contributed by atoms with E-state index in [0.717, 1.165) is 62.6 Å². The SMILES string of the molecule is Cn1nc(N2CCC(=O)NC2=O)c2ccc(C3CCN(CCCCCC(=O)OC(C)(C)C)CC3)cc21. The molecule has 0 atom stereocenters. The average molecular weight is 498 g/mol. The number of esters is 1. The number of carbonyl (C=O) groups is 3. The number of benzene rings is 1. The van der Waals surface area contributed by atoms with Gasteiger partial charge in [0, 0.05) is 31.8 Å². The third-order valence-corrected chi connectivity index (χ3v) is 7.00. The Hall–Kier alpha value is -2.94. The van der Waals surface area contributed by atoms with Crippen molar-refractivity contribution in [2.75, 3.05) is 31.1 Å². The van der Waals surface area contributed by atoms with E-state index in [1.54, 1.807) is 4.90 Å². The summed E-state index contributed by atoms with van der Waals surface area (Å²) in [6.07, 6.45) is 6.04. The van der Waals surface area contributed by atoms with E-state index in [1.807, 2.05) is 32.5 Å². The number of nitrogens with one attached hydrogen (secondary N) is 1. The van der Waals surface area contributed by atoms with Gasteiger partial charge in [0.05, 0.1) is 5.52 Å². The van der Waals surface area contributed by atoms with Gasteiger partial charge in [-0.3, -0.25) is 24.5 Å². The number of nitrogens with zero attached hydrogens (tertiary/aromatic N) is 4. The molecule has 4 rings (SSSR count). The molecule has 36 heavy (non-hydrogen) atoms. The highest BCUT2D eigenvalue weighted by molar-refractivity contribution is 6.08. The third kappa shape index (κ3) is 6.43. The summed E-state index contributed by atoms with van der Waals surface area (Å²) in [5.74, 6) is 0.763. The number of likely N-dealkylation sites (tertiary alicyclic amines) is 1. The van der Waals surface area contributed by atoms with Crippen LogP contribution in [-0.2, 0) is 21.4 Å². The zero-order valence-corrected chi connectivity index (χ0v) is 22.0. The van der Waals surface area contributed by atoms with Gasteiger partial charge in [-0.05, 0) is 89.7 Å². The Labute approximate surface area is 213 Å². The minimum atomic E-state index is -0.410. The van der Waals surface area contributed by atoms with Crippen LogP contribution in [0, 0.1) is 0 Å². The van der Waals surface area contributed by atoms with Crippen molar-refractivity contribution < 1.29 is 19.1 Å². The first-order valence-electron chi connectivity index (χ1n) is 13.1. The number of piperidine rings is 1. The molecule has 0 spiro atoms. The molecule has 0 unspecified atom stereocenters. The van der Waals surface area contributed by atoms with Gasteiger partial charge in [0.1, 0.15) is 5.60 Å². The Kier molecular flexibility index (Phi) is 7.97. The fourth-order valence-electron chi connectivity index (χ4n) is 5.14. The third-order valence-electron chi connectivity index (χ3n) is 7.00. The van der Waals surface area contributed by atoms with E-state index in [0.29, 0.717) is 24.7 Å². The number of carbonyl (C=O) groups excluding carboxylic acids is 3. The molecule has 3 heterocycles. The van der Waals surface area contributed by atoms with E-state index >= 15 is 0 Å². The van der Waals surface area contributed by atoms with Gasteiger partial charge in [-0.2, -0.15) is 5.10 Å². The fraction of sp³-hybridized carbons (Fsp3) is 0.630. The van der Waals surface area contributed by atoms with Crippen molar-refractivity contribution in [1.82, 2.24) is 20.0 Å². The Morgan fingerprint density at radius 1 is 1.11 bits per heavy atom. The van der Waals surface area contributed by atoms with Gasteiger partial charge in [-0.1, -0.05) is 12.5 Å². The summed E-state index contributed by atoms with van der Waals surface area (Å²) >= 11 is 0. The van der Waals surface area contributed by atoms with E-state index in [9.17, 15) is 14.4 Å². The van der Waals surface area contributed by atoms with Gasteiger partial charge in [-0.15, -0.1) is 0 Å². The number of ether oxygens (including phenoxy) is 1. The smallest absolute Gasteiger partial charge is 0.329 e. The number of imide groups is 1. The molecule has 2 fully saturated rings. The van der Waals surface area contributed by atoms with Crippen LogP contribution >= 0.6 is 0 Å². The first-order valence-corrected chi connectivity index (χ1v) is 13.1. The normalized spacial score (nSPS) is 18.1. The second kappa shape index (κ2) is 11.0. The van der Waals surface area contributed by atoms with Gasteiger partial charge in [0.2, 0.25) is 5.91 Å². The molecule has 0 radical (unpaired) electrons. The number of aryl methyl sites for hydroxylation is 1. The first kappa shape index (κ1) is 26.1. The van der Waals surface area contributed by atoms with E-state index in [4.69, 9.17) is 4.74 Å². The molecule has 2 aromatic rings. The summed E-state index contributed by atoms with van der Waals surface area (Å²) < 4.78 is 7.20. The lowest BCUT2D eigenvalue weighted by molar-refractivity contribution is -0.154.